The lowest BCUT2D eigenvalue weighted by molar-refractivity contribution is -0.123. The van der Waals surface area contributed by atoms with E-state index in [9.17, 15) is 4.79 Å². The maximum atomic E-state index is 11.9. The molecule has 5 heteroatoms. The molecule has 0 aliphatic heterocycles. The molecule has 1 amide bonds. The van der Waals surface area contributed by atoms with E-state index in [1.807, 2.05) is 25.2 Å². The first-order chi connectivity index (χ1) is 9.70. The Kier molecular flexibility index (Phi) is 5.86. The van der Waals surface area contributed by atoms with Crippen molar-refractivity contribution in [3.63, 3.8) is 0 Å². The van der Waals surface area contributed by atoms with Crippen LogP contribution in [0.4, 0.5) is 0 Å². The topological polar surface area (TPSA) is 50.4 Å². The number of halogens is 1. The van der Waals surface area contributed by atoms with Crippen LogP contribution in [0.1, 0.15) is 31.2 Å². The van der Waals surface area contributed by atoms with Gasteiger partial charge in [0.2, 0.25) is 0 Å². The first kappa shape index (κ1) is 15.3. The molecule has 0 heterocycles. The third kappa shape index (κ3) is 4.21. The average molecular weight is 341 g/mol. The van der Waals surface area contributed by atoms with E-state index < -0.39 is 0 Å². The zero-order valence-corrected chi connectivity index (χ0v) is 13.3. The van der Waals surface area contributed by atoms with E-state index in [2.05, 4.69) is 26.6 Å². The molecule has 0 aromatic heterocycles. The molecule has 1 aromatic rings. The number of amides is 1. The molecular weight excluding hydrogens is 320 g/mol. The van der Waals surface area contributed by atoms with Gasteiger partial charge in [0, 0.05) is 18.2 Å². The quantitative estimate of drug-likeness (QED) is 0.836. The summed E-state index contributed by atoms with van der Waals surface area (Å²) in [5.74, 6) is 0.700. The Morgan fingerprint density at radius 3 is 2.85 bits per heavy atom. The minimum atomic E-state index is -0.0388. The molecule has 0 radical (unpaired) electrons. The van der Waals surface area contributed by atoms with E-state index in [0.29, 0.717) is 12.6 Å². The van der Waals surface area contributed by atoms with Gasteiger partial charge >= 0.3 is 0 Å². The van der Waals surface area contributed by atoms with E-state index in [-0.39, 0.29) is 12.5 Å². The highest BCUT2D eigenvalue weighted by Gasteiger charge is 2.17. The van der Waals surface area contributed by atoms with Crippen LogP contribution >= 0.6 is 15.9 Å². The molecule has 0 atom stereocenters. The van der Waals surface area contributed by atoms with Crippen LogP contribution in [0.5, 0.6) is 5.75 Å². The molecule has 1 aliphatic carbocycles. The van der Waals surface area contributed by atoms with Crippen molar-refractivity contribution < 1.29 is 9.53 Å². The van der Waals surface area contributed by atoms with Gasteiger partial charge in [0.05, 0.1) is 4.47 Å². The number of hydrogen-bond acceptors (Lipinski definition) is 3. The van der Waals surface area contributed by atoms with E-state index in [4.69, 9.17) is 4.74 Å². The summed E-state index contributed by atoms with van der Waals surface area (Å²) in [6.07, 6.45) is 4.60. The smallest absolute Gasteiger partial charge is 0.258 e. The summed E-state index contributed by atoms with van der Waals surface area (Å²) in [6.45, 7) is 0.773. The third-order valence-corrected chi connectivity index (χ3v) is 4.11. The fourth-order valence-corrected chi connectivity index (χ4v) is 3.04. The number of ether oxygens (including phenoxy) is 1. The van der Waals surface area contributed by atoms with Crippen molar-refractivity contribution in [1.29, 1.82) is 0 Å². The minimum Gasteiger partial charge on any atom is -0.482 e. The van der Waals surface area contributed by atoms with Gasteiger partial charge in [-0.3, -0.25) is 4.79 Å². The fourth-order valence-electron chi connectivity index (χ4n) is 2.52. The first-order valence-electron chi connectivity index (χ1n) is 7.05. The Balaban J connectivity index is 1.90. The van der Waals surface area contributed by atoms with Gasteiger partial charge in [-0.25, -0.2) is 0 Å². The largest absolute Gasteiger partial charge is 0.482 e. The fraction of sp³-hybridized carbons (Fsp3) is 0.533. The lowest BCUT2D eigenvalue weighted by Crippen LogP contribution is -2.36. The van der Waals surface area contributed by atoms with Crippen LogP contribution < -0.4 is 15.4 Å². The number of benzene rings is 1. The van der Waals surface area contributed by atoms with Crippen LogP contribution in [0, 0.1) is 0 Å². The van der Waals surface area contributed by atoms with E-state index in [1.165, 1.54) is 12.8 Å². The van der Waals surface area contributed by atoms with Crippen molar-refractivity contribution in [3.05, 3.63) is 28.2 Å². The molecule has 1 saturated carbocycles. The number of carbonyl (C=O) groups is 1. The van der Waals surface area contributed by atoms with Gasteiger partial charge < -0.3 is 15.4 Å². The lowest BCUT2D eigenvalue weighted by Gasteiger charge is -2.15. The van der Waals surface area contributed by atoms with Crippen LogP contribution in [-0.4, -0.2) is 25.6 Å². The summed E-state index contributed by atoms with van der Waals surface area (Å²) in [5, 5.41) is 6.12. The number of para-hydroxylation sites is 1. The molecule has 0 unspecified atom stereocenters. The summed E-state index contributed by atoms with van der Waals surface area (Å²) in [4.78, 5) is 11.9. The van der Waals surface area contributed by atoms with Crippen molar-refractivity contribution in [2.24, 2.45) is 0 Å². The maximum absolute atomic E-state index is 11.9. The Morgan fingerprint density at radius 1 is 1.40 bits per heavy atom. The predicted octanol–water partition coefficient (Wildman–Crippen LogP) is 2.61. The molecule has 2 N–H and O–H groups in total. The Bertz CT molecular complexity index is 459. The molecule has 20 heavy (non-hydrogen) atoms. The molecule has 0 spiro atoms. The van der Waals surface area contributed by atoms with Gasteiger partial charge in [-0.05, 0) is 41.9 Å². The summed E-state index contributed by atoms with van der Waals surface area (Å²) in [6, 6.07) is 6.21. The SMILES string of the molecule is CNCc1cccc(Br)c1OCC(=O)NC1CCCC1. The monoisotopic (exact) mass is 340 g/mol. The zero-order valence-electron chi connectivity index (χ0n) is 11.7. The molecule has 1 fully saturated rings. The number of nitrogens with one attached hydrogen (secondary N) is 2. The number of hydrogen-bond donors (Lipinski definition) is 2. The van der Waals surface area contributed by atoms with Crippen LogP contribution in [0.3, 0.4) is 0 Å². The maximum Gasteiger partial charge on any atom is 0.258 e. The first-order valence-corrected chi connectivity index (χ1v) is 7.84. The van der Waals surface area contributed by atoms with Gasteiger partial charge in [0.1, 0.15) is 5.75 Å². The van der Waals surface area contributed by atoms with Crippen LogP contribution in [0.15, 0.2) is 22.7 Å². The van der Waals surface area contributed by atoms with Gasteiger partial charge in [0.15, 0.2) is 6.61 Å². The molecule has 110 valence electrons. The van der Waals surface area contributed by atoms with Crippen molar-refractivity contribution in [1.82, 2.24) is 10.6 Å². The van der Waals surface area contributed by atoms with E-state index in [0.717, 1.165) is 28.6 Å². The summed E-state index contributed by atoms with van der Waals surface area (Å²) < 4.78 is 6.57. The van der Waals surface area contributed by atoms with Crippen molar-refractivity contribution in [2.45, 2.75) is 38.3 Å². The highest BCUT2D eigenvalue weighted by atomic mass is 79.9. The number of rotatable bonds is 6. The lowest BCUT2D eigenvalue weighted by atomic mass is 10.2. The van der Waals surface area contributed by atoms with Gasteiger partial charge in [-0.2, -0.15) is 0 Å². The van der Waals surface area contributed by atoms with Crippen LogP contribution in [0.2, 0.25) is 0 Å². The second-order valence-corrected chi connectivity index (χ2v) is 5.95. The van der Waals surface area contributed by atoms with Crippen molar-refractivity contribution in [3.8, 4) is 5.75 Å². The van der Waals surface area contributed by atoms with Crippen molar-refractivity contribution in [2.75, 3.05) is 13.7 Å². The molecule has 1 aliphatic rings. The summed E-state index contributed by atoms with van der Waals surface area (Å²) >= 11 is 3.47. The molecule has 0 saturated heterocycles. The Labute approximate surface area is 128 Å². The second kappa shape index (κ2) is 7.64. The van der Waals surface area contributed by atoms with Crippen LogP contribution in [-0.2, 0) is 11.3 Å². The van der Waals surface area contributed by atoms with Crippen molar-refractivity contribution >= 4 is 21.8 Å². The molecule has 2 rings (SSSR count). The number of carbonyl (C=O) groups excluding carboxylic acids is 1. The normalized spacial score (nSPS) is 15.3. The molecule has 1 aromatic carbocycles. The van der Waals surface area contributed by atoms with Crippen LogP contribution in [0.25, 0.3) is 0 Å². The standard InChI is InChI=1S/C15H21BrN2O2/c1-17-9-11-5-4-8-13(16)15(11)20-10-14(19)18-12-6-2-3-7-12/h4-5,8,12,17H,2-3,6-7,9-10H2,1H3,(H,18,19). The Hall–Kier alpha value is -1.07. The highest BCUT2D eigenvalue weighted by molar-refractivity contribution is 9.10. The third-order valence-electron chi connectivity index (χ3n) is 3.48. The van der Waals surface area contributed by atoms with Gasteiger partial charge in [-0.15, -0.1) is 0 Å². The summed E-state index contributed by atoms with van der Waals surface area (Å²) in [5.41, 5.74) is 1.04. The van der Waals surface area contributed by atoms with E-state index >= 15 is 0 Å². The predicted molar refractivity (Wildman–Crippen MR) is 82.8 cm³/mol. The molecule has 0 bridgehead atoms. The van der Waals surface area contributed by atoms with E-state index in [1.54, 1.807) is 0 Å². The zero-order chi connectivity index (χ0) is 14.4. The van der Waals surface area contributed by atoms with Gasteiger partial charge in [-0.1, -0.05) is 25.0 Å². The van der Waals surface area contributed by atoms with Gasteiger partial charge in [0.25, 0.3) is 5.91 Å². The molecular formula is C15H21BrN2O2. The average Bonchev–Trinajstić information content (AvgIpc) is 2.91. The minimum absolute atomic E-state index is 0.0388. The summed E-state index contributed by atoms with van der Waals surface area (Å²) in [7, 11) is 1.89. The highest BCUT2D eigenvalue weighted by Crippen LogP contribution is 2.29. The second-order valence-electron chi connectivity index (χ2n) is 5.10. The Morgan fingerprint density at radius 2 is 2.15 bits per heavy atom. The molecule has 4 nitrogen and oxygen atoms in total.